The monoisotopic (exact) mass is 401 g/mol. The van der Waals surface area contributed by atoms with Gasteiger partial charge in [0.2, 0.25) is 0 Å². The maximum Gasteiger partial charge on any atom is 0.113 e. The molecule has 0 aromatic heterocycles. The molecule has 1 fully saturated rings. The van der Waals surface area contributed by atoms with Gasteiger partial charge >= 0.3 is 0 Å². The average molecular weight is 401 g/mol. The van der Waals surface area contributed by atoms with Crippen molar-refractivity contribution in [2.75, 3.05) is 13.7 Å². The molecule has 7 nitrogen and oxygen atoms in total. The SMILES string of the molecule is CO/N=C(\C)c1ccc(Cc2cccc([C@@H]3O[C@H](CO)[C@@H](O)[C@H](O)[C@H]3O)c2)cc1. The Morgan fingerprint density at radius 2 is 1.72 bits per heavy atom. The predicted octanol–water partition coefficient (Wildman–Crippen LogP) is 1.16. The highest BCUT2D eigenvalue weighted by Gasteiger charge is 2.43. The van der Waals surface area contributed by atoms with Gasteiger partial charge in [-0.1, -0.05) is 53.7 Å². The van der Waals surface area contributed by atoms with E-state index in [2.05, 4.69) is 5.16 Å². The molecule has 0 saturated carbocycles. The number of ether oxygens (including phenoxy) is 1. The van der Waals surface area contributed by atoms with Gasteiger partial charge in [-0.05, 0) is 35.6 Å². The predicted molar refractivity (Wildman–Crippen MR) is 108 cm³/mol. The Morgan fingerprint density at radius 1 is 1.00 bits per heavy atom. The normalized spacial score (nSPS) is 27.7. The number of benzene rings is 2. The maximum absolute atomic E-state index is 10.3. The zero-order valence-corrected chi connectivity index (χ0v) is 16.5. The van der Waals surface area contributed by atoms with E-state index in [4.69, 9.17) is 9.57 Å². The van der Waals surface area contributed by atoms with Crippen molar-refractivity contribution in [3.05, 3.63) is 70.8 Å². The van der Waals surface area contributed by atoms with Gasteiger partial charge in [-0.25, -0.2) is 0 Å². The molecule has 0 radical (unpaired) electrons. The second-order valence-corrected chi connectivity index (χ2v) is 7.23. The summed E-state index contributed by atoms with van der Waals surface area (Å²) in [5.74, 6) is 0. The van der Waals surface area contributed by atoms with E-state index >= 15 is 0 Å². The lowest BCUT2D eigenvalue weighted by Gasteiger charge is -2.40. The average Bonchev–Trinajstić information content (AvgIpc) is 2.73. The third kappa shape index (κ3) is 4.83. The Hall–Kier alpha value is -2.29. The molecule has 29 heavy (non-hydrogen) atoms. The Labute approximate surface area is 169 Å². The second-order valence-electron chi connectivity index (χ2n) is 7.23. The fourth-order valence-electron chi connectivity index (χ4n) is 3.55. The molecule has 1 heterocycles. The fourth-order valence-corrected chi connectivity index (χ4v) is 3.55. The number of nitrogens with zero attached hydrogens (tertiary/aromatic N) is 1. The van der Waals surface area contributed by atoms with Crippen molar-refractivity contribution >= 4 is 5.71 Å². The summed E-state index contributed by atoms with van der Waals surface area (Å²) in [7, 11) is 1.51. The molecule has 4 N–H and O–H groups in total. The minimum Gasteiger partial charge on any atom is -0.399 e. The van der Waals surface area contributed by atoms with Crippen LogP contribution in [-0.4, -0.2) is 64.3 Å². The minimum atomic E-state index is -1.39. The summed E-state index contributed by atoms with van der Waals surface area (Å²) in [4.78, 5) is 4.80. The molecule has 2 aromatic carbocycles. The van der Waals surface area contributed by atoms with Gasteiger partial charge in [-0.15, -0.1) is 0 Å². The molecule has 7 heteroatoms. The van der Waals surface area contributed by atoms with E-state index in [1.165, 1.54) is 7.11 Å². The summed E-state index contributed by atoms with van der Waals surface area (Å²) >= 11 is 0. The van der Waals surface area contributed by atoms with Crippen molar-refractivity contribution < 1.29 is 30.0 Å². The quantitative estimate of drug-likeness (QED) is 0.427. The second kappa shape index (κ2) is 9.47. The van der Waals surface area contributed by atoms with Crippen LogP contribution in [0.3, 0.4) is 0 Å². The van der Waals surface area contributed by atoms with Gasteiger partial charge in [0.15, 0.2) is 0 Å². The smallest absolute Gasteiger partial charge is 0.113 e. The van der Waals surface area contributed by atoms with Crippen LogP contribution in [-0.2, 0) is 16.0 Å². The van der Waals surface area contributed by atoms with Crippen molar-refractivity contribution in [3.63, 3.8) is 0 Å². The standard InChI is InChI=1S/C22H27NO6/c1-13(23-28-2)16-8-6-14(7-9-16)10-15-4-3-5-17(11-15)22-21(27)20(26)19(25)18(12-24)29-22/h3-9,11,18-22,24-27H,10,12H2,1-2H3/b23-13+/t18-,19-,20+,21-,22+/m1/s1. The number of hydrogen-bond acceptors (Lipinski definition) is 7. The van der Waals surface area contributed by atoms with Gasteiger partial charge in [0.1, 0.15) is 37.6 Å². The highest BCUT2D eigenvalue weighted by molar-refractivity contribution is 5.98. The van der Waals surface area contributed by atoms with Gasteiger partial charge in [0.25, 0.3) is 0 Å². The summed E-state index contributed by atoms with van der Waals surface area (Å²) in [5.41, 5.74) is 4.56. The van der Waals surface area contributed by atoms with E-state index in [0.717, 1.165) is 22.4 Å². The molecule has 0 aliphatic carbocycles. The van der Waals surface area contributed by atoms with Gasteiger partial charge in [-0.3, -0.25) is 0 Å². The van der Waals surface area contributed by atoms with Crippen LogP contribution in [0.2, 0.25) is 0 Å². The van der Waals surface area contributed by atoms with Crippen LogP contribution in [0.4, 0.5) is 0 Å². The first kappa shape index (κ1) is 21.4. The molecule has 1 aliphatic heterocycles. The molecule has 0 unspecified atom stereocenters. The van der Waals surface area contributed by atoms with E-state index in [0.29, 0.717) is 12.0 Å². The molecule has 0 amide bonds. The van der Waals surface area contributed by atoms with Gasteiger partial charge in [0.05, 0.1) is 12.3 Å². The first-order valence-corrected chi connectivity index (χ1v) is 9.51. The lowest BCUT2D eigenvalue weighted by molar-refractivity contribution is -0.231. The molecular weight excluding hydrogens is 374 g/mol. The molecule has 0 bridgehead atoms. The maximum atomic E-state index is 10.3. The lowest BCUT2D eigenvalue weighted by Crippen LogP contribution is -2.55. The highest BCUT2D eigenvalue weighted by atomic mass is 16.6. The van der Waals surface area contributed by atoms with Crippen LogP contribution < -0.4 is 0 Å². The van der Waals surface area contributed by atoms with Crippen LogP contribution in [0.25, 0.3) is 0 Å². The van der Waals surface area contributed by atoms with E-state index in [9.17, 15) is 20.4 Å². The largest absolute Gasteiger partial charge is 0.399 e. The number of oxime groups is 1. The summed E-state index contributed by atoms with van der Waals surface area (Å²) in [6, 6.07) is 15.5. The Morgan fingerprint density at radius 3 is 2.38 bits per heavy atom. The van der Waals surface area contributed by atoms with Crippen LogP contribution >= 0.6 is 0 Å². The zero-order chi connectivity index (χ0) is 21.0. The van der Waals surface area contributed by atoms with Crippen molar-refractivity contribution in [1.29, 1.82) is 0 Å². The lowest BCUT2D eigenvalue weighted by atomic mass is 9.90. The fraction of sp³-hybridized carbons (Fsp3) is 0.409. The highest BCUT2D eigenvalue weighted by Crippen LogP contribution is 2.32. The summed E-state index contributed by atoms with van der Waals surface area (Å²) in [6.45, 7) is 1.43. The van der Waals surface area contributed by atoms with E-state index in [1.807, 2.05) is 49.4 Å². The number of aliphatic hydroxyl groups is 4. The Kier molecular flexibility index (Phi) is 7.00. The summed E-state index contributed by atoms with van der Waals surface area (Å²) in [5, 5.41) is 43.6. The van der Waals surface area contributed by atoms with Crippen LogP contribution in [0.5, 0.6) is 0 Å². The number of aliphatic hydroxyl groups excluding tert-OH is 4. The summed E-state index contributed by atoms with van der Waals surface area (Å²) in [6.07, 6.45) is -5.12. The van der Waals surface area contributed by atoms with Crippen LogP contribution in [0, 0.1) is 0 Å². The van der Waals surface area contributed by atoms with E-state index < -0.39 is 37.1 Å². The van der Waals surface area contributed by atoms with E-state index in [1.54, 1.807) is 6.07 Å². The van der Waals surface area contributed by atoms with Gasteiger partial charge < -0.3 is 30.0 Å². The molecule has 1 aliphatic rings. The first-order chi connectivity index (χ1) is 13.9. The number of rotatable bonds is 6. The van der Waals surface area contributed by atoms with Crippen LogP contribution in [0.15, 0.2) is 53.7 Å². The van der Waals surface area contributed by atoms with Crippen molar-refractivity contribution in [2.24, 2.45) is 5.16 Å². The number of hydrogen-bond donors (Lipinski definition) is 4. The summed E-state index contributed by atoms with van der Waals surface area (Å²) < 4.78 is 5.65. The third-order valence-electron chi connectivity index (χ3n) is 5.18. The molecule has 156 valence electrons. The molecule has 1 saturated heterocycles. The van der Waals surface area contributed by atoms with Crippen molar-refractivity contribution in [3.8, 4) is 0 Å². The Bertz CT molecular complexity index is 835. The Balaban J connectivity index is 1.77. The van der Waals surface area contributed by atoms with Crippen molar-refractivity contribution in [1.82, 2.24) is 0 Å². The van der Waals surface area contributed by atoms with Gasteiger partial charge in [0, 0.05) is 0 Å². The van der Waals surface area contributed by atoms with Crippen LogP contribution in [0.1, 0.15) is 35.3 Å². The molecule has 5 atom stereocenters. The minimum absolute atomic E-state index is 0.445. The molecular formula is C22H27NO6. The molecule has 3 rings (SSSR count). The zero-order valence-electron chi connectivity index (χ0n) is 16.5. The third-order valence-corrected chi connectivity index (χ3v) is 5.18. The molecule has 2 aromatic rings. The van der Waals surface area contributed by atoms with Crippen molar-refractivity contribution in [2.45, 2.75) is 43.9 Å². The topological polar surface area (TPSA) is 112 Å². The molecule has 0 spiro atoms. The first-order valence-electron chi connectivity index (χ1n) is 9.51. The van der Waals surface area contributed by atoms with E-state index in [-0.39, 0.29) is 0 Å². The van der Waals surface area contributed by atoms with Gasteiger partial charge in [-0.2, -0.15) is 0 Å².